The standard InChI is InChI=1S/C30H19Br/c31-30-27-16-8-6-14-24(27)29(25-15-7-9-17-28(25)30)26-19-18-21(20-10-2-1-3-11-20)22-12-4-5-13-23(22)26/h1-19H. The van der Waals surface area contributed by atoms with Gasteiger partial charge in [0.2, 0.25) is 0 Å². The number of hydrogen-bond donors (Lipinski definition) is 0. The van der Waals surface area contributed by atoms with E-state index in [0.29, 0.717) is 0 Å². The van der Waals surface area contributed by atoms with Crippen LogP contribution < -0.4 is 0 Å². The van der Waals surface area contributed by atoms with E-state index in [2.05, 4.69) is 131 Å². The molecular weight excluding hydrogens is 440 g/mol. The predicted octanol–water partition coefficient (Wildman–Crippen LogP) is 9.24. The Morgan fingerprint density at radius 2 is 0.774 bits per heavy atom. The number of hydrogen-bond acceptors (Lipinski definition) is 0. The molecule has 0 unspecified atom stereocenters. The molecule has 6 rings (SSSR count). The number of benzene rings is 6. The molecule has 0 aliphatic carbocycles. The number of fused-ring (bicyclic) bond motifs is 3. The molecule has 0 saturated carbocycles. The van der Waals surface area contributed by atoms with Gasteiger partial charge in [-0.15, -0.1) is 0 Å². The van der Waals surface area contributed by atoms with Crippen LogP contribution in [0.2, 0.25) is 0 Å². The summed E-state index contributed by atoms with van der Waals surface area (Å²) in [6, 6.07) is 41.4. The zero-order valence-corrected chi connectivity index (χ0v) is 18.4. The SMILES string of the molecule is Brc1c2ccccc2c(-c2ccc(-c3ccccc3)c3ccccc23)c2ccccc12. The van der Waals surface area contributed by atoms with E-state index in [1.165, 1.54) is 54.6 Å². The van der Waals surface area contributed by atoms with Crippen molar-refractivity contribution in [3.8, 4) is 22.3 Å². The molecule has 0 aliphatic heterocycles. The van der Waals surface area contributed by atoms with Crippen molar-refractivity contribution >= 4 is 48.2 Å². The lowest BCUT2D eigenvalue weighted by molar-refractivity contribution is 1.64. The second-order valence-electron chi connectivity index (χ2n) is 7.85. The molecule has 0 bridgehead atoms. The molecular formula is C30H19Br. The lowest BCUT2D eigenvalue weighted by Crippen LogP contribution is -1.90. The van der Waals surface area contributed by atoms with Crippen molar-refractivity contribution in [1.29, 1.82) is 0 Å². The summed E-state index contributed by atoms with van der Waals surface area (Å²) < 4.78 is 1.16. The van der Waals surface area contributed by atoms with Crippen molar-refractivity contribution < 1.29 is 0 Å². The first-order valence-electron chi connectivity index (χ1n) is 10.5. The van der Waals surface area contributed by atoms with Gasteiger partial charge in [-0.05, 0) is 70.5 Å². The molecule has 146 valence electrons. The fraction of sp³-hybridized carbons (Fsp3) is 0. The third kappa shape index (κ3) is 2.89. The van der Waals surface area contributed by atoms with Crippen LogP contribution in [0.15, 0.2) is 120 Å². The molecule has 0 nitrogen and oxygen atoms in total. The topological polar surface area (TPSA) is 0 Å². The summed E-state index contributed by atoms with van der Waals surface area (Å²) >= 11 is 3.88. The van der Waals surface area contributed by atoms with Gasteiger partial charge in [0.15, 0.2) is 0 Å². The first-order chi connectivity index (χ1) is 15.3. The van der Waals surface area contributed by atoms with Gasteiger partial charge in [-0.2, -0.15) is 0 Å². The summed E-state index contributed by atoms with van der Waals surface area (Å²) in [6.45, 7) is 0. The van der Waals surface area contributed by atoms with Crippen molar-refractivity contribution in [2.45, 2.75) is 0 Å². The monoisotopic (exact) mass is 458 g/mol. The average Bonchev–Trinajstić information content (AvgIpc) is 2.85. The second-order valence-corrected chi connectivity index (χ2v) is 8.65. The molecule has 6 aromatic rings. The molecule has 0 fully saturated rings. The van der Waals surface area contributed by atoms with Crippen LogP contribution >= 0.6 is 15.9 Å². The Morgan fingerprint density at radius 3 is 1.35 bits per heavy atom. The molecule has 0 aliphatic rings. The minimum absolute atomic E-state index is 1.16. The van der Waals surface area contributed by atoms with E-state index in [9.17, 15) is 0 Å². The molecule has 1 heteroatoms. The maximum atomic E-state index is 3.88. The lowest BCUT2D eigenvalue weighted by atomic mass is 9.87. The third-order valence-electron chi connectivity index (χ3n) is 6.14. The van der Waals surface area contributed by atoms with Crippen molar-refractivity contribution in [3.63, 3.8) is 0 Å². The highest BCUT2D eigenvalue weighted by Crippen LogP contribution is 2.44. The Balaban J connectivity index is 1.77. The summed E-state index contributed by atoms with van der Waals surface area (Å²) in [4.78, 5) is 0. The summed E-state index contributed by atoms with van der Waals surface area (Å²) in [5, 5.41) is 7.58. The molecule has 0 N–H and O–H groups in total. The highest BCUT2D eigenvalue weighted by atomic mass is 79.9. The zero-order chi connectivity index (χ0) is 20.8. The molecule has 0 radical (unpaired) electrons. The van der Waals surface area contributed by atoms with Gasteiger partial charge in [0.05, 0.1) is 0 Å². The molecule has 31 heavy (non-hydrogen) atoms. The van der Waals surface area contributed by atoms with E-state index in [1.807, 2.05) is 0 Å². The van der Waals surface area contributed by atoms with E-state index in [0.717, 1.165) is 4.47 Å². The van der Waals surface area contributed by atoms with Gasteiger partial charge in [0.25, 0.3) is 0 Å². The van der Waals surface area contributed by atoms with Crippen molar-refractivity contribution in [2.75, 3.05) is 0 Å². The van der Waals surface area contributed by atoms with Crippen molar-refractivity contribution in [2.24, 2.45) is 0 Å². The quantitative estimate of drug-likeness (QED) is 0.226. The summed E-state index contributed by atoms with van der Waals surface area (Å²) in [6.07, 6.45) is 0. The van der Waals surface area contributed by atoms with Gasteiger partial charge >= 0.3 is 0 Å². The third-order valence-corrected chi connectivity index (χ3v) is 7.00. The van der Waals surface area contributed by atoms with Crippen molar-refractivity contribution in [1.82, 2.24) is 0 Å². The summed E-state index contributed by atoms with van der Waals surface area (Å²) in [7, 11) is 0. The van der Waals surface area contributed by atoms with E-state index in [4.69, 9.17) is 0 Å². The van der Waals surface area contributed by atoms with Crippen LogP contribution in [0.25, 0.3) is 54.6 Å². The Bertz CT molecular complexity index is 1520. The van der Waals surface area contributed by atoms with Gasteiger partial charge in [-0.25, -0.2) is 0 Å². The zero-order valence-electron chi connectivity index (χ0n) is 16.8. The fourth-order valence-corrected chi connectivity index (χ4v) is 5.44. The minimum atomic E-state index is 1.16. The number of rotatable bonds is 2. The Hall–Kier alpha value is -3.42. The van der Waals surface area contributed by atoms with Crippen LogP contribution in [0.1, 0.15) is 0 Å². The van der Waals surface area contributed by atoms with Gasteiger partial charge in [0.1, 0.15) is 0 Å². The summed E-state index contributed by atoms with van der Waals surface area (Å²) in [5.41, 5.74) is 5.09. The highest BCUT2D eigenvalue weighted by molar-refractivity contribution is 9.10. The van der Waals surface area contributed by atoms with Gasteiger partial charge in [-0.3, -0.25) is 0 Å². The van der Waals surface area contributed by atoms with Crippen LogP contribution in [0.5, 0.6) is 0 Å². The maximum absolute atomic E-state index is 3.88. The van der Waals surface area contributed by atoms with Crippen LogP contribution in [-0.2, 0) is 0 Å². The molecule has 0 spiro atoms. The Labute approximate surface area is 189 Å². The number of halogens is 1. The fourth-order valence-electron chi connectivity index (χ4n) is 4.75. The molecule has 0 heterocycles. The van der Waals surface area contributed by atoms with Crippen LogP contribution in [-0.4, -0.2) is 0 Å². The largest absolute Gasteiger partial charge is 0.0622 e. The first-order valence-corrected chi connectivity index (χ1v) is 11.3. The normalized spacial score (nSPS) is 11.4. The molecule has 0 amide bonds. The summed E-state index contributed by atoms with van der Waals surface area (Å²) in [5.74, 6) is 0. The van der Waals surface area contributed by atoms with E-state index in [1.54, 1.807) is 0 Å². The van der Waals surface area contributed by atoms with Crippen LogP contribution in [0.3, 0.4) is 0 Å². The molecule has 0 atom stereocenters. The van der Waals surface area contributed by atoms with Gasteiger partial charge < -0.3 is 0 Å². The predicted molar refractivity (Wildman–Crippen MR) is 138 cm³/mol. The van der Waals surface area contributed by atoms with Crippen molar-refractivity contribution in [3.05, 3.63) is 120 Å². The average molecular weight is 459 g/mol. The smallest absolute Gasteiger partial charge is 0.0332 e. The Kier molecular flexibility index (Phi) is 4.36. The maximum Gasteiger partial charge on any atom is 0.0332 e. The van der Waals surface area contributed by atoms with Crippen LogP contribution in [0.4, 0.5) is 0 Å². The van der Waals surface area contributed by atoms with Gasteiger partial charge in [0, 0.05) is 4.47 Å². The van der Waals surface area contributed by atoms with E-state index in [-0.39, 0.29) is 0 Å². The first kappa shape index (κ1) is 18.4. The molecule has 6 aromatic carbocycles. The van der Waals surface area contributed by atoms with E-state index < -0.39 is 0 Å². The molecule has 0 saturated heterocycles. The highest BCUT2D eigenvalue weighted by Gasteiger charge is 2.16. The Morgan fingerprint density at radius 1 is 0.355 bits per heavy atom. The minimum Gasteiger partial charge on any atom is -0.0622 e. The molecule has 0 aromatic heterocycles. The van der Waals surface area contributed by atoms with Gasteiger partial charge in [-0.1, -0.05) is 115 Å². The van der Waals surface area contributed by atoms with Crippen LogP contribution in [0, 0.1) is 0 Å². The van der Waals surface area contributed by atoms with E-state index >= 15 is 0 Å². The second kappa shape index (κ2) is 7.37. The lowest BCUT2D eigenvalue weighted by Gasteiger charge is -2.17.